The number of benzene rings is 1. The third-order valence-corrected chi connectivity index (χ3v) is 4.85. The fourth-order valence-corrected chi connectivity index (χ4v) is 3.68. The lowest BCUT2D eigenvalue weighted by Gasteiger charge is -2.40. The van der Waals surface area contributed by atoms with E-state index >= 15 is 0 Å². The van der Waals surface area contributed by atoms with E-state index in [0.29, 0.717) is 6.42 Å². The van der Waals surface area contributed by atoms with Gasteiger partial charge in [-0.3, -0.25) is 9.78 Å². The zero-order valence-corrected chi connectivity index (χ0v) is 12.5. The normalized spacial score (nSPS) is 19.5. The maximum Gasteiger partial charge on any atom is 0.170 e. The van der Waals surface area contributed by atoms with E-state index in [1.54, 1.807) is 6.20 Å². The van der Waals surface area contributed by atoms with Crippen molar-refractivity contribution in [3.8, 4) is 16.9 Å². The average Bonchev–Trinajstić information content (AvgIpc) is 2.56. The van der Waals surface area contributed by atoms with Gasteiger partial charge in [0.1, 0.15) is 11.4 Å². The second-order valence-electron chi connectivity index (χ2n) is 6.40. The molecule has 0 atom stereocenters. The predicted octanol–water partition coefficient (Wildman–Crippen LogP) is 4.42. The van der Waals surface area contributed by atoms with Gasteiger partial charge in [-0.2, -0.15) is 0 Å². The molecule has 0 bridgehead atoms. The molecule has 1 aromatic heterocycles. The van der Waals surface area contributed by atoms with Crippen molar-refractivity contribution in [2.75, 3.05) is 0 Å². The summed E-state index contributed by atoms with van der Waals surface area (Å²) in [5.74, 6) is 0.972. The number of Topliss-reactive ketones (excluding diaryl/α,β-unsaturated/α-hetero) is 1. The lowest BCUT2D eigenvalue weighted by Crippen LogP contribution is -2.43. The molecular weight excluding hydrogens is 274 g/mol. The van der Waals surface area contributed by atoms with Crippen LogP contribution in [0.25, 0.3) is 11.1 Å². The number of hydrogen-bond acceptors (Lipinski definition) is 3. The number of rotatable bonds is 1. The van der Waals surface area contributed by atoms with E-state index in [0.717, 1.165) is 48.1 Å². The molecule has 0 radical (unpaired) electrons. The van der Waals surface area contributed by atoms with E-state index in [1.165, 1.54) is 6.42 Å². The Labute approximate surface area is 130 Å². The van der Waals surface area contributed by atoms with Crippen LogP contribution in [0, 0.1) is 0 Å². The highest BCUT2D eigenvalue weighted by Crippen LogP contribution is 2.42. The molecule has 1 aromatic carbocycles. The molecule has 0 N–H and O–H groups in total. The van der Waals surface area contributed by atoms with Crippen molar-refractivity contribution in [2.24, 2.45) is 0 Å². The first kappa shape index (κ1) is 13.5. The summed E-state index contributed by atoms with van der Waals surface area (Å²) in [7, 11) is 0. The third-order valence-electron chi connectivity index (χ3n) is 4.85. The highest BCUT2D eigenvalue weighted by molar-refractivity contribution is 6.01. The SMILES string of the molecule is O=C1CC2(CCCCC2)Oc2ccc(-c3cccnc3)cc21. The maximum absolute atomic E-state index is 12.6. The molecule has 0 saturated heterocycles. The van der Waals surface area contributed by atoms with E-state index in [-0.39, 0.29) is 11.4 Å². The molecular formula is C19H19NO2. The summed E-state index contributed by atoms with van der Waals surface area (Å²) in [4.78, 5) is 16.8. The fourth-order valence-electron chi connectivity index (χ4n) is 3.68. The minimum atomic E-state index is -0.238. The van der Waals surface area contributed by atoms with E-state index in [9.17, 15) is 4.79 Å². The molecule has 1 aliphatic heterocycles. The first-order valence-electron chi connectivity index (χ1n) is 8.03. The maximum atomic E-state index is 12.6. The van der Waals surface area contributed by atoms with E-state index in [1.807, 2.05) is 36.5 Å². The molecule has 1 aliphatic carbocycles. The molecule has 22 heavy (non-hydrogen) atoms. The van der Waals surface area contributed by atoms with Crippen molar-refractivity contribution in [2.45, 2.75) is 44.1 Å². The summed E-state index contributed by atoms with van der Waals surface area (Å²) in [6, 6.07) is 9.83. The van der Waals surface area contributed by atoms with Gasteiger partial charge in [0.2, 0.25) is 0 Å². The van der Waals surface area contributed by atoms with Crippen LogP contribution in [-0.4, -0.2) is 16.4 Å². The molecule has 112 valence electrons. The smallest absolute Gasteiger partial charge is 0.170 e. The molecule has 1 saturated carbocycles. The minimum absolute atomic E-state index is 0.217. The number of fused-ring (bicyclic) bond motifs is 1. The Kier molecular flexibility index (Phi) is 3.21. The molecule has 0 amide bonds. The lowest BCUT2D eigenvalue weighted by molar-refractivity contribution is 0.0136. The van der Waals surface area contributed by atoms with Gasteiger partial charge in [-0.25, -0.2) is 0 Å². The highest BCUT2D eigenvalue weighted by Gasteiger charge is 2.41. The van der Waals surface area contributed by atoms with Gasteiger partial charge in [-0.15, -0.1) is 0 Å². The van der Waals surface area contributed by atoms with Crippen LogP contribution in [0.15, 0.2) is 42.7 Å². The van der Waals surface area contributed by atoms with Gasteiger partial charge in [-0.1, -0.05) is 18.6 Å². The van der Waals surface area contributed by atoms with Gasteiger partial charge in [0, 0.05) is 18.0 Å². The van der Waals surface area contributed by atoms with Gasteiger partial charge >= 0.3 is 0 Å². The summed E-state index contributed by atoms with van der Waals surface area (Å²) < 4.78 is 6.29. The third kappa shape index (κ3) is 2.31. The van der Waals surface area contributed by atoms with Gasteiger partial charge in [0.05, 0.1) is 12.0 Å². The van der Waals surface area contributed by atoms with E-state index in [2.05, 4.69) is 4.98 Å². The Morgan fingerprint density at radius 3 is 2.68 bits per heavy atom. The fraction of sp³-hybridized carbons (Fsp3) is 0.368. The van der Waals surface area contributed by atoms with Crippen LogP contribution in [0.5, 0.6) is 5.75 Å². The van der Waals surface area contributed by atoms with Crippen molar-refractivity contribution >= 4 is 5.78 Å². The lowest BCUT2D eigenvalue weighted by atomic mass is 9.78. The van der Waals surface area contributed by atoms with Gasteiger partial charge in [0.25, 0.3) is 0 Å². The van der Waals surface area contributed by atoms with Crippen LogP contribution in [0.3, 0.4) is 0 Å². The first-order valence-corrected chi connectivity index (χ1v) is 8.03. The van der Waals surface area contributed by atoms with Gasteiger partial charge in [-0.05, 0) is 49.4 Å². The largest absolute Gasteiger partial charge is 0.486 e. The molecule has 1 fully saturated rings. The first-order chi connectivity index (χ1) is 10.8. The Bertz CT molecular complexity index is 703. The molecule has 2 heterocycles. The van der Waals surface area contributed by atoms with Crippen LogP contribution in [0.4, 0.5) is 0 Å². The monoisotopic (exact) mass is 293 g/mol. The number of nitrogens with zero attached hydrogens (tertiary/aromatic N) is 1. The van der Waals surface area contributed by atoms with Crippen LogP contribution in [0.2, 0.25) is 0 Å². The average molecular weight is 293 g/mol. The van der Waals surface area contributed by atoms with Crippen LogP contribution < -0.4 is 4.74 Å². The van der Waals surface area contributed by atoms with E-state index in [4.69, 9.17) is 4.74 Å². The predicted molar refractivity (Wildman–Crippen MR) is 85.1 cm³/mol. The molecule has 0 unspecified atom stereocenters. The van der Waals surface area contributed by atoms with Crippen molar-refractivity contribution in [1.29, 1.82) is 0 Å². The van der Waals surface area contributed by atoms with Gasteiger partial charge < -0.3 is 4.74 Å². The molecule has 3 heteroatoms. The Morgan fingerprint density at radius 2 is 1.91 bits per heavy atom. The second-order valence-corrected chi connectivity index (χ2v) is 6.40. The Hall–Kier alpha value is -2.16. The van der Waals surface area contributed by atoms with Crippen molar-refractivity contribution < 1.29 is 9.53 Å². The van der Waals surface area contributed by atoms with Crippen molar-refractivity contribution in [3.63, 3.8) is 0 Å². The molecule has 1 spiro atoms. The molecule has 3 nitrogen and oxygen atoms in total. The van der Waals surface area contributed by atoms with Crippen LogP contribution in [0.1, 0.15) is 48.9 Å². The topological polar surface area (TPSA) is 39.2 Å². The molecule has 4 rings (SSSR count). The number of ether oxygens (including phenoxy) is 1. The zero-order valence-electron chi connectivity index (χ0n) is 12.5. The Balaban J connectivity index is 1.70. The summed E-state index contributed by atoms with van der Waals surface area (Å²) in [6.45, 7) is 0. The number of ketones is 1. The van der Waals surface area contributed by atoms with Gasteiger partial charge in [0.15, 0.2) is 5.78 Å². The quantitative estimate of drug-likeness (QED) is 0.781. The minimum Gasteiger partial charge on any atom is -0.486 e. The summed E-state index contributed by atoms with van der Waals surface area (Å²) in [5, 5.41) is 0. The standard InChI is InChI=1S/C19H19NO2/c21-17-12-19(8-2-1-3-9-19)22-18-7-6-14(11-16(17)18)15-5-4-10-20-13-15/h4-7,10-11,13H,1-3,8-9,12H2. The number of pyridine rings is 1. The summed E-state index contributed by atoms with van der Waals surface area (Å²) in [6.07, 6.45) is 9.68. The zero-order chi connectivity index (χ0) is 15.0. The van der Waals surface area contributed by atoms with Crippen LogP contribution >= 0.6 is 0 Å². The van der Waals surface area contributed by atoms with Crippen molar-refractivity contribution in [3.05, 3.63) is 48.3 Å². The molecule has 2 aliphatic rings. The van der Waals surface area contributed by atoms with Crippen LogP contribution in [-0.2, 0) is 0 Å². The summed E-state index contributed by atoms with van der Waals surface area (Å²) in [5.41, 5.74) is 2.52. The highest BCUT2D eigenvalue weighted by atomic mass is 16.5. The number of carbonyl (C=O) groups is 1. The molecule has 2 aromatic rings. The second kappa shape index (κ2) is 5.24. The Morgan fingerprint density at radius 1 is 1.05 bits per heavy atom. The number of carbonyl (C=O) groups excluding carboxylic acids is 1. The summed E-state index contributed by atoms with van der Waals surface area (Å²) >= 11 is 0. The number of aromatic nitrogens is 1. The van der Waals surface area contributed by atoms with E-state index < -0.39 is 0 Å². The number of hydrogen-bond donors (Lipinski definition) is 0. The van der Waals surface area contributed by atoms with Crippen molar-refractivity contribution in [1.82, 2.24) is 4.98 Å².